The van der Waals surface area contributed by atoms with E-state index in [1.54, 1.807) is 0 Å². The molecule has 4 aromatic rings. The maximum Gasteiger partial charge on any atom is 0.0783 e. The van der Waals surface area contributed by atoms with Crippen molar-refractivity contribution in [3.05, 3.63) is 156 Å². The molecule has 0 fully saturated rings. The normalized spacial score (nSPS) is 21.2. The second-order valence-electron chi connectivity index (χ2n) is 11.6. The molecule has 3 unspecified atom stereocenters. The minimum atomic E-state index is 0.0979. The third-order valence-electron chi connectivity index (χ3n) is 8.68. The third-order valence-corrected chi connectivity index (χ3v) is 8.68. The summed E-state index contributed by atoms with van der Waals surface area (Å²) in [6.07, 6.45) is 20.0. The second-order valence-corrected chi connectivity index (χ2v) is 11.6. The van der Waals surface area contributed by atoms with Gasteiger partial charge in [-0.3, -0.25) is 15.0 Å². The Kier molecular flexibility index (Phi) is 7.62. The van der Waals surface area contributed by atoms with Gasteiger partial charge >= 0.3 is 0 Å². The van der Waals surface area contributed by atoms with Gasteiger partial charge in [0.25, 0.3) is 0 Å². The lowest BCUT2D eigenvalue weighted by atomic mass is 9.82. The van der Waals surface area contributed by atoms with E-state index < -0.39 is 0 Å². The quantitative estimate of drug-likeness (QED) is 0.233. The van der Waals surface area contributed by atoms with Crippen molar-refractivity contribution in [3.63, 3.8) is 0 Å². The van der Waals surface area contributed by atoms with Crippen molar-refractivity contribution < 1.29 is 0 Å². The summed E-state index contributed by atoms with van der Waals surface area (Å²) in [4.78, 5) is 15.1. The molecule has 43 heavy (non-hydrogen) atoms. The van der Waals surface area contributed by atoms with Gasteiger partial charge in [-0.25, -0.2) is 0 Å². The van der Waals surface area contributed by atoms with Gasteiger partial charge in [-0.15, -0.1) is 0 Å². The molecule has 0 amide bonds. The Balaban J connectivity index is 1.32. The van der Waals surface area contributed by atoms with E-state index in [0.29, 0.717) is 5.92 Å². The number of aliphatic imine (C=N–C) groups is 2. The largest absolute Gasteiger partial charge is 0.285 e. The molecule has 7 rings (SSSR count). The second kappa shape index (κ2) is 12.1. The number of dihydropyridines is 2. The van der Waals surface area contributed by atoms with E-state index in [2.05, 4.69) is 122 Å². The first-order valence-electron chi connectivity index (χ1n) is 15.3. The van der Waals surface area contributed by atoms with Crippen LogP contribution in [0.2, 0.25) is 0 Å². The molecule has 210 valence electrons. The summed E-state index contributed by atoms with van der Waals surface area (Å²) in [6, 6.07) is 32.5. The summed E-state index contributed by atoms with van der Waals surface area (Å²) < 4.78 is 0. The number of hydrogen-bond acceptors (Lipinski definition) is 3. The van der Waals surface area contributed by atoms with Crippen molar-refractivity contribution in [2.45, 2.75) is 38.3 Å². The molecule has 3 aromatic carbocycles. The molecule has 3 aliphatic rings. The molecule has 3 nitrogen and oxygen atoms in total. The first kappa shape index (κ1) is 27.0. The van der Waals surface area contributed by atoms with Crippen LogP contribution in [0.3, 0.4) is 0 Å². The monoisotopic (exact) mass is 557 g/mol. The van der Waals surface area contributed by atoms with E-state index >= 15 is 0 Å². The summed E-state index contributed by atoms with van der Waals surface area (Å²) in [6.45, 7) is 2.32. The number of aromatic nitrogens is 1. The number of nitrogens with zero attached hydrogens (tertiary/aromatic N) is 3. The molecular formula is C40H35N3. The summed E-state index contributed by atoms with van der Waals surface area (Å²) in [5, 5.41) is 0. The van der Waals surface area contributed by atoms with E-state index in [0.717, 1.165) is 47.4 Å². The highest BCUT2D eigenvalue weighted by Crippen LogP contribution is 2.38. The Hall–Kier alpha value is -4.89. The third kappa shape index (κ3) is 5.89. The van der Waals surface area contributed by atoms with Crippen molar-refractivity contribution in [2.75, 3.05) is 0 Å². The van der Waals surface area contributed by atoms with Gasteiger partial charge < -0.3 is 0 Å². The molecule has 1 aromatic heterocycles. The zero-order valence-corrected chi connectivity index (χ0v) is 24.5. The van der Waals surface area contributed by atoms with Crippen molar-refractivity contribution in [1.82, 2.24) is 4.98 Å². The predicted molar refractivity (Wildman–Crippen MR) is 180 cm³/mol. The number of benzene rings is 3. The van der Waals surface area contributed by atoms with Crippen molar-refractivity contribution >= 4 is 17.5 Å². The number of allylic oxidation sites excluding steroid dienone is 5. The molecule has 3 atom stereocenters. The highest BCUT2D eigenvalue weighted by atomic mass is 14.8. The SMILES string of the molecule is CC1CC=CC=C1C1CC(c2cc(-c3ccc(-c4ccccc4)cn3)cc(C3CC=CC=N3)c2)=CC(c2ccccc2)=N1. The van der Waals surface area contributed by atoms with Crippen molar-refractivity contribution in [2.24, 2.45) is 15.9 Å². The van der Waals surface area contributed by atoms with Crippen LogP contribution in [0, 0.1) is 5.92 Å². The fourth-order valence-electron chi connectivity index (χ4n) is 6.29. The van der Waals surface area contributed by atoms with Crippen LogP contribution in [0.15, 0.2) is 149 Å². The number of hydrogen-bond donors (Lipinski definition) is 0. The number of pyridine rings is 1. The lowest BCUT2D eigenvalue weighted by molar-refractivity contribution is 0.604. The minimum Gasteiger partial charge on any atom is -0.285 e. The van der Waals surface area contributed by atoms with E-state index in [1.807, 2.05) is 24.6 Å². The Morgan fingerprint density at radius 2 is 1.44 bits per heavy atom. The van der Waals surface area contributed by atoms with Crippen LogP contribution in [0.4, 0.5) is 0 Å². The Morgan fingerprint density at radius 3 is 2.16 bits per heavy atom. The minimum absolute atomic E-state index is 0.0979. The van der Waals surface area contributed by atoms with Gasteiger partial charge in [0.15, 0.2) is 0 Å². The zero-order valence-electron chi connectivity index (χ0n) is 24.5. The molecule has 0 saturated carbocycles. The molecular weight excluding hydrogens is 522 g/mol. The van der Waals surface area contributed by atoms with Gasteiger partial charge in [-0.2, -0.15) is 0 Å². The Bertz CT molecular complexity index is 1790. The maximum atomic E-state index is 5.33. The molecule has 2 aliphatic heterocycles. The average Bonchev–Trinajstić information content (AvgIpc) is 3.09. The zero-order chi connectivity index (χ0) is 29.0. The van der Waals surface area contributed by atoms with Crippen molar-refractivity contribution in [3.8, 4) is 22.4 Å². The van der Waals surface area contributed by atoms with Crippen molar-refractivity contribution in [1.29, 1.82) is 0 Å². The molecule has 0 saturated heterocycles. The van der Waals surface area contributed by atoms with E-state index in [1.165, 1.54) is 27.8 Å². The number of rotatable bonds is 6. The van der Waals surface area contributed by atoms with Gasteiger partial charge in [-0.05, 0) is 95.0 Å². The Labute approximate surface area is 254 Å². The average molecular weight is 558 g/mol. The van der Waals surface area contributed by atoms with E-state index in [9.17, 15) is 0 Å². The van der Waals surface area contributed by atoms with Crippen LogP contribution in [-0.2, 0) is 0 Å². The fourth-order valence-corrected chi connectivity index (χ4v) is 6.29. The topological polar surface area (TPSA) is 37.6 Å². The van der Waals surface area contributed by atoms with E-state index in [4.69, 9.17) is 15.0 Å². The summed E-state index contributed by atoms with van der Waals surface area (Å²) in [7, 11) is 0. The van der Waals surface area contributed by atoms with Gasteiger partial charge in [0.2, 0.25) is 0 Å². The standard InChI is InChI=1S/C40H35N3/c1-28-12-8-9-17-36(28)40-26-33(25-39(43-40)30-15-6-3-7-16-30)32-22-34(37-18-10-11-21-41-37)24-35(23-32)38-20-19-31(27-42-38)29-13-4-2-5-14-29/h2-11,13-17,19-25,27-28,37,40H,12,18,26H2,1H3. The first-order valence-corrected chi connectivity index (χ1v) is 15.3. The molecule has 0 N–H and O–H groups in total. The van der Waals surface area contributed by atoms with Crippen LogP contribution in [0.1, 0.15) is 48.9 Å². The van der Waals surface area contributed by atoms with Gasteiger partial charge in [0.1, 0.15) is 0 Å². The van der Waals surface area contributed by atoms with Crippen LogP contribution < -0.4 is 0 Å². The van der Waals surface area contributed by atoms with Crippen LogP contribution in [0.5, 0.6) is 0 Å². The smallest absolute Gasteiger partial charge is 0.0783 e. The molecule has 0 spiro atoms. The molecule has 0 bridgehead atoms. The first-order chi connectivity index (χ1) is 21.2. The summed E-state index contributed by atoms with van der Waals surface area (Å²) in [5.74, 6) is 0.479. The highest BCUT2D eigenvalue weighted by molar-refractivity contribution is 6.13. The molecule has 0 radical (unpaired) electrons. The van der Waals surface area contributed by atoms with Gasteiger partial charge in [0.05, 0.1) is 23.5 Å². The lowest BCUT2D eigenvalue weighted by Crippen LogP contribution is -2.22. The molecule has 1 aliphatic carbocycles. The lowest BCUT2D eigenvalue weighted by Gasteiger charge is -2.29. The Morgan fingerprint density at radius 1 is 0.674 bits per heavy atom. The highest BCUT2D eigenvalue weighted by Gasteiger charge is 2.26. The van der Waals surface area contributed by atoms with Gasteiger partial charge in [-0.1, -0.05) is 98.0 Å². The molecule has 3 heterocycles. The maximum absolute atomic E-state index is 5.33. The van der Waals surface area contributed by atoms with Crippen LogP contribution in [0.25, 0.3) is 28.0 Å². The predicted octanol–water partition coefficient (Wildman–Crippen LogP) is 9.65. The van der Waals surface area contributed by atoms with Crippen LogP contribution in [-0.4, -0.2) is 23.0 Å². The fraction of sp³-hybridized carbons (Fsp3) is 0.175. The summed E-state index contributed by atoms with van der Waals surface area (Å²) in [5.41, 5.74) is 11.7. The molecule has 3 heteroatoms. The van der Waals surface area contributed by atoms with Gasteiger partial charge in [0, 0.05) is 23.5 Å². The van der Waals surface area contributed by atoms with E-state index in [-0.39, 0.29) is 12.1 Å². The van der Waals surface area contributed by atoms with Crippen LogP contribution >= 0.6 is 0 Å². The summed E-state index contributed by atoms with van der Waals surface area (Å²) >= 11 is 0.